The third-order valence-corrected chi connectivity index (χ3v) is 3.57. The molecule has 3 rings (SSSR count). The summed E-state index contributed by atoms with van der Waals surface area (Å²) in [5.41, 5.74) is 2.18. The largest absolute Gasteiger partial charge is 0.504 e. The molecule has 7 nitrogen and oxygen atoms in total. The summed E-state index contributed by atoms with van der Waals surface area (Å²) >= 11 is 0. The normalized spacial score (nSPS) is 16.2. The van der Waals surface area contributed by atoms with Crippen LogP contribution >= 0.6 is 0 Å². The molecule has 0 unspecified atom stereocenters. The zero-order chi connectivity index (χ0) is 17.1. The van der Waals surface area contributed by atoms with Crippen molar-refractivity contribution in [2.75, 3.05) is 19.2 Å². The fourth-order valence-corrected chi connectivity index (χ4v) is 2.43. The Morgan fingerprint density at radius 2 is 2.29 bits per heavy atom. The molecule has 0 spiro atoms. The van der Waals surface area contributed by atoms with Crippen LogP contribution in [0.5, 0.6) is 11.5 Å². The summed E-state index contributed by atoms with van der Waals surface area (Å²) in [6, 6.07) is 3.23. The zero-order valence-corrected chi connectivity index (χ0v) is 13.5. The number of allylic oxidation sites excluding steroid dienone is 2. The SMILES string of the molecule is C=C1OCN/C1=C(/C=C\C)Nc1ncnc2cc(OC)c(O)cc12. The minimum atomic E-state index is 0.0230. The molecule has 0 radical (unpaired) electrons. The molecule has 0 saturated carbocycles. The molecule has 1 aromatic carbocycles. The second-order valence-electron chi connectivity index (χ2n) is 5.07. The van der Waals surface area contributed by atoms with E-state index in [2.05, 4.69) is 27.2 Å². The van der Waals surface area contributed by atoms with Crippen molar-refractivity contribution in [3.63, 3.8) is 0 Å². The maximum Gasteiger partial charge on any atom is 0.162 e. The lowest BCUT2D eigenvalue weighted by molar-refractivity contribution is 0.256. The molecular formula is C17H18N4O3. The summed E-state index contributed by atoms with van der Waals surface area (Å²) in [7, 11) is 1.49. The molecule has 1 aromatic heterocycles. The maximum atomic E-state index is 10.0. The first-order valence-electron chi connectivity index (χ1n) is 7.35. The lowest BCUT2D eigenvalue weighted by Crippen LogP contribution is -2.12. The van der Waals surface area contributed by atoms with Crippen molar-refractivity contribution < 1.29 is 14.6 Å². The van der Waals surface area contributed by atoms with Gasteiger partial charge >= 0.3 is 0 Å². The highest BCUT2D eigenvalue weighted by Crippen LogP contribution is 2.33. The minimum absolute atomic E-state index is 0.0230. The highest BCUT2D eigenvalue weighted by Gasteiger charge is 2.17. The van der Waals surface area contributed by atoms with Gasteiger partial charge < -0.3 is 25.2 Å². The van der Waals surface area contributed by atoms with E-state index in [1.54, 1.807) is 12.1 Å². The highest BCUT2D eigenvalue weighted by atomic mass is 16.5. The first-order chi connectivity index (χ1) is 11.6. The molecule has 2 heterocycles. The van der Waals surface area contributed by atoms with Crippen LogP contribution in [0.3, 0.4) is 0 Å². The van der Waals surface area contributed by atoms with E-state index < -0.39 is 0 Å². The van der Waals surface area contributed by atoms with Gasteiger partial charge in [-0.2, -0.15) is 0 Å². The molecule has 0 aliphatic carbocycles. The van der Waals surface area contributed by atoms with Crippen LogP contribution in [0.1, 0.15) is 6.92 Å². The van der Waals surface area contributed by atoms with E-state index in [4.69, 9.17) is 9.47 Å². The van der Waals surface area contributed by atoms with Crippen LogP contribution in [-0.4, -0.2) is 28.9 Å². The Labute approximate surface area is 139 Å². The first kappa shape index (κ1) is 15.7. The fourth-order valence-electron chi connectivity index (χ4n) is 2.43. The van der Waals surface area contributed by atoms with Crippen LogP contribution in [0.15, 0.2) is 54.3 Å². The number of aromatic hydroxyl groups is 1. The van der Waals surface area contributed by atoms with Gasteiger partial charge in [-0.25, -0.2) is 9.97 Å². The Hall–Kier alpha value is -3.22. The number of ether oxygens (including phenoxy) is 2. The summed E-state index contributed by atoms with van der Waals surface area (Å²) in [5, 5.41) is 17.1. The number of methoxy groups -OCH3 is 1. The molecule has 3 N–H and O–H groups in total. The Balaban J connectivity index is 2.09. The van der Waals surface area contributed by atoms with E-state index in [0.29, 0.717) is 35.0 Å². The Kier molecular flexibility index (Phi) is 4.24. The smallest absolute Gasteiger partial charge is 0.162 e. The van der Waals surface area contributed by atoms with Crippen LogP contribution in [0, 0.1) is 0 Å². The number of anilines is 1. The van der Waals surface area contributed by atoms with Gasteiger partial charge in [-0.1, -0.05) is 12.7 Å². The monoisotopic (exact) mass is 326 g/mol. The topological polar surface area (TPSA) is 88.5 Å². The standard InChI is InChI=1S/C17H18N4O3/c1-4-5-12(16-10(2)24-9-20-16)21-17-11-6-14(22)15(23-3)7-13(11)18-8-19-17/h4-8,20,22H,2,9H2,1,3H3,(H,18,19,21)/b5-4-,16-12-. The van der Waals surface area contributed by atoms with Crippen molar-refractivity contribution in [3.05, 3.63) is 54.3 Å². The van der Waals surface area contributed by atoms with E-state index in [1.807, 2.05) is 19.1 Å². The number of hydrogen-bond donors (Lipinski definition) is 3. The van der Waals surface area contributed by atoms with Crippen molar-refractivity contribution in [3.8, 4) is 11.5 Å². The van der Waals surface area contributed by atoms with E-state index in [0.717, 1.165) is 11.4 Å². The Bertz CT molecular complexity index is 858. The molecule has 2 aromatic rings. The number of nitrogens with one attached hydrogen (secondary N) is 2. The van der Waals surface area contributed by atoms with E-state index >= 15 is 0 Å². The number of rotatable bonds is 4. The van der Waals surface area contributed by atoms with Crippen molar-refractivity contribution in [2.45, 2.75) is 6.92 Å². The van der Waals surface area contributed by atoms with Gasteiger partial charge in [-0.15, -0.1) is 0 Å². The molecule has 1 aliphatic rings. The molecule has 0 atom stereocenters. The van der Waals surface area contributed by atoms with Crippen molar-refractivity contribution in [1.82, 2.24) is 15.3 Å². The molecule has 7 heteroatoms. The van der Waals surface area contributed by atoms with Crippen molar-refractivity contribution in [2.24, 2.45) is 0 Å². The summed E-state index contributed by atoms with van der Waals surface area (Å²) in [5.74, 6) is 1.49. The number of phenols is 1. The van der Waals surface area contributed by atoms with Gasteiger partial charge in [0.2, 0.25) is 0 Å². The summed E-state index contributed by atoms with van der Waals surface area (Å²) in [6.45, 7) is 6.16. The summed E-state index contributed by atoms with van der Waals surface area (Å²) < 4.78 is 10.5. The maximum absolute atomic E-state index is 10.0. The average molecular weight is 326 g/mol. The van der Waals surface area contributed by atoms with Crippen LogP contribution in [-0.2, 0) is 4.74 Å². The number of fused-ring (bicyclic) bond motifs is 1. The third-order valence-electron chi connectivity index (χ3n) is 3.57. The molecular weight excluding hydrogens is 308 g/mol. The van der Waals surface area contributed by atoms with Gasteiger partial charge in [0.05, 0.1) is 18.3 Å². The fraction of sp³-hybridized carbons (Fsp3) is 0.176. The van der Waals surface area contributed by atoms with Gasteiger partial charge in [0.15, 0.2) is 18.2 Å². The lowest BCUT2D eigenvalue weighted by atomic mass is 10.2. The average Bonchev–Trinajstić information content (AvgIpc) is 3.00. The van der Waals surface area contributed by atoms with E-state index in [9.17, 15) is 5.11 Å². The predicted molar refractivity (Wildman–Crippen MR) is 91.4 cm³/mol. The summed E-state index contributed by atoms with van der Waals surface area (Å²) in [4.78, 5) is 8.50. The van der Waals surface area contributed by atoms with Crippen LogP contribution in [0.25, 0.3) is 10.9 Å². The van der Waals surface area contributed by atoms with Crippen LogP contribution in [0.4, 0.5) is 5.82 Å². The number of hydrogen-bond acceptors (Lipinski definition) is 7. The quantitative estimate of drug-likeness (QED) is 0.796. The second-order valence-corrected chi connectivity index (χ2v) is 5.07. The second kappa shape index (κ2) is 6.49. The number of aromatic nitrogens is 2. The van der Waals surface area contributed by atoms with Gasteiger partial charge in [0, 0.05) is 11.5 Å². The van der Waals surface area contributed by atoms with Crippen molar-refractivity contribution >= 4 is 16.7 Å². The molecule has 24 heavy (non-hydrogen) atoms. The van der Waals surface area contributed by atoms with Gasteiger partial charge in [-0.05, 0) is 19.1 Å². The third kappa shape index (κ3) is 2.83. The van der Waals surface area contributed by atoms with Crippen LogP contribution in [0.2, 0.25) is 0 Å². The molecule has 0 amide bonds. The Morgan fingerprint density at radius 1 is 1.46 bits per heavy atom. The molecule has 0 bridgehead atoms. The molecule has 1 fully saturated rings. The Morgan fingerprint density at radius 3 is 2.96 bits per heavy atom. The lowest BCUT2D eigenvalue weighted by Gasteiger charge is -2.13. The van der Waals surface area contributed by atoms with Gasteiger partial charge in [-0.3, -0.25) is 0 Å². The van der Waals surface area contributed by atoms with Crippen molar-refractivity contribution in [1.29, 1.82) is 0 Å². The van der Waals surface area contributed by atoms with E-state index in [-0.39, 0.29) is 5.75 Å². The molecule has 1 aliphatic heterocycles. The van der Waals surface area contributed by atoms with Gasteiger partial charge in [0.1, 0.15) is 23.6 Å². The summed E-state index contributed by atoms with van der Waals surface area (Å²) in [6.07, 6.45) is 5.23. The zero-order valence-electron chi connectivity index (χ0n) is 13.5. The van der Waals surface area contributed by atoms with E-state index in [1.165, 1.54) is 13.4 Å². The number of benzene rings is 1. The van der Waals surface area contributed by atoms with Crippen LogP contribution < -0.4 is 15.4 Å². The number of nitrogens with zero attached hydrogens (tertiary/aromatic N) is 2. The minimum Gasteiger partial charge on any atom is -0.504 e. The number of phenolic OH excluding ortho intramolecular Hbond substituents is 1. The predicted octanol–water partition coefficient (Wildman–Crippen LogP) is 2.63. The highest BCUT2D eigenvalue weighted by molar-refractivity contribution is 5.92. The molecule has 124 valence electrons. The van der Waals surface area contributed by atoms with Gasteiger partial charge in [0.25, 0.3) is 0 Å². The first-order valence-corrected chi connectivity index (χ1v) is 7.35. The molecule has 1 saturated heterocycles.